The normalized spacial score (nSPS) is 16.5. The van der Waals surface area contributed by atoms with E-state index in [0.29, 0.717) is 53.0 Å². The van der Waals surface area contributed by atoms with Crippen LogP contribution in [-0.4, -0.2) is 53.5 Å². The second-order valence-corrected chi connectivity index (χ2v) is 11.0. The highest BCUT2D eigenvalue weighted by molar-refractivity contribution is 7.99. The molecule has 0 bridgehead atoms. The highest BCUT2D eigenvalue weighted by Crippen LogP contribution is 2.42. The Morgan fingerprint density at radius 1 is 1.27 bits per heavy atom. The molecule has 1 aromatic heterocycles. The highest BCUT2D eigenvalue weighted by Gasteiger charge is 2.41. The molecule has 1 saturated heterocycles. The van der Waals surface area contributed by atoms with Gasteiger partial charge in [0.05, 0.1) is 23.1 Å². The molecule has 9 heteroatoms. The first kappa shape index (κ1) is 27.6. The second kappa shape index (κ2) is 12.4. The van der Waals surface area contributed by atoms with Crippen LogP contribution in [0.25, 0.3) is 10.9 Å². The number of nitrogens with zero attached hydrogens (tertiary/aromatic N) is 2. The number of carboxylic acid groups (broad SMARTS) is 1. The molecule has 0 spiro atoms. The molecule has 0 saturated carbocycles. The first-order valence-electron chi connectivity index (χ1n) is 12.4. The maximum atomic E-state index is 15.6. The fourth-order valence-electron chi connectivity index (χ4n) is 4.97. The third-order valence-corrected chi connectivity index (χ3v) is 8.67. The summed E-state index contributed by atoms with van der Waals surface area (Å²) >= 11 is 7.84. The molecule has 2 aromatic carbocycles. The monoisotopic (exact) mass is 548 g/mol. The molecule has 1 fully saturated rings. The summed E-state index contributed by atoms with van der Waals surface area (Å²) in [6, 6.07) is 12.0. The van der Waals surface area contributed by atoms with Crippen LogP contribution in [0.2, 0.25) is 5.02 Å². The summed E-state index contributed by atoms with van der Waals surface area (Å²) in [7, 11) is 1.54. The summed E-state index contributed by atoms with van der Waals surface area (Å²) in [5, 5.41) is 10.9. The number of likely N-dealkylation sites (tertiary alicyclic amines) is 1. The second-order valence-electron chi connectivity index (χ2n) is 9.47. The number of aromatic nitrogens is 1. The van der Waals surface area contributed by atoms with Gasteiger partial charge >= 0.3 is 5.97 Å². The van der Waals surface area contributed by atoms with E-state index in [2.05, 4.69) is 9.88 Å². The molecular weight excluding hydrogens is 518 g/mol. The number of hydrogen-bond acceptors (Lipinski definition) is 5. The van der Waals surface area contributed by atoms with Crippen molar-refractivity contribution in [3.05, 3.63) is 65.1 Å². The molecular formula is C28H31ClF2N2O3S. The molecule has 1 aliphatic rings. The Balaban J connectivity index is 1.33. The van der Waals surface area contributed by atoms with Crippen LogP contribution in [0.3, 0.4) is 0 Å². The molecule has 198 valence electrons. The molecule has 1 aliphatic heterocycles. The van der Waals surface area contributed by atoms with E-state index in [1.807, 2.05) is 6.07 Å². The van der Waals surface area contributed by atoms with Gasteiger partial charge in [0.1, 0.15) is 17.7 Å². The number of hydrogen-bond donors (Lipinski definition) is 1. The van der Waals surface area contributed by atoms with Crippen LogP contribution >= 0.6 is 23.4 Å². The molecule has 4 rings (SSSR count). The predicted molar refractivity (Wildman–Crippen MR) is 144 cm³/mol. The fraction of sp³-hybridized carbons (Fsp3) is 0.429. The molecule has 0 radical (unpaired) electrons. The van der Waals surface area contributed by atoms with E-state index in [9.17, 15) is 14.3 Å². The molecule has 2 heterocycles. The average molecular weight is 549 g/mol. The quantitative estimate of drug-likeness (QED) is 0.202. The molecule has 5 nitrogen and oxygen atoms in total. The number of halogens is 3. The van der Waals surface area contributed by atoms with Gasteiger partial charge in [-0.2, -0.15) is 0 Å². The van der Waals surface area contributed by atoms with Crippen LogP contribution in [0.5, 0.6) is 5.75 Å². The van der Waals surface area contributed by atoms with Crippen LogP contribution in [0.15, 0.2) is 53.6 Å². The van der Waals surface area contributed by atoms with Crippen molar-refractivity contribution in [1.29, 1.82) is 0 Å². The smallest absolute Gasteiger partial charge is 0.309 e. The van der Waals surface area contributed by atoms with Crippen LogP contribution in [0.4, 0.5) is 8.78 Å². The third kappa shape index (κ3) is 6.54. The SMILES string of the molecule is COc1ccc2ncc(Cl)c([C@@H](F)CCC3(C(=O)O)CCN(CCCSc4ccccc4F)CC3)c2c1. The van der Waals surface area contributed by atoms with Gasteiger partial charge in [0.25, 0.3) is 0 Å². The number of piperidine rings is 1. The van der Waals surface area contributed by atoms with Crippen LogP contribution in [0, 0.1) is 11.2 Å². The van der Waals surface area contributed by atoms with E-state index in [-0.39, 0.29) is 23.7 Å². The first-order valence-corrected chi connectivity index (χ1v) is 13.8. The lowest BCUT2D eigenvalue weighted by molar-refractivity contribution is -0.153. The number of rotatable bonds is 11. The number of thioether (sulfide) groups is 1. The van der Waals surface area contributed by atoms with Crippen molar-refractivity contribution in [3.8, 4) is 5.75 Å². The average Bonchev–Trinajstić information content (AvgIpc) is 2.90. The number of pyridine rings is 1. The van der Waals surface area contributed by atoms with Gasteiger partial charge in [-0.3, -0.25) is 9.78 Å². The van der Waals surface area contributed by atoms with Gasteiger partial charge < -0.3 is 14.7 Å². The number of ether oxygens (including phenoxy) is 1. The number of carboxylic acids is 1. The van der Waals surface area contributed by atoms with Crippen molar-refractivity contribution in [2.24, 2.45) is 5.41 Å². The van der Waals surface area contributed by atoms with Crippen molar-refractivity contribution >= 4 is 40.2 Å². The predicted octanol–water partition coefficient (Wildman–Crippen LogP) is 7.18. The Kier molecular flexibility index (Phi) is 9.27. The number of alkyl halides is 1. The molecule has 3 aromatic rings. The summed E-state index contributed by atoms with van der Waals surface area (Å²) in [4.78, 5) is 19.5. The molecule has 0 amide bonds. The minimum atomic E-state index is -1.42. The summed E-state index contributed by atoms with van der Waals surface area (Å²) in [6.45, 7) is 2.11. The van der Waals surface area contributed by atoms with E-state index >= 15 is 4.39 Å². The third-order valence-electron chi connectivity index (χ3n) is 7.24. The Hall–Kier alpha value is -2.42. The Labute approximate surface area is 225 Å². The van der Waals surface area contributed by atoms with E-state index in [4.69, 9.17) is 16.3 Å². The first-order chi connectivity index (χ1) is 17.8. The Bertz CT molecular complexity index is 1240. The topological polar surface area (TPSA) is 62.7 Å². The molecule has 0 unspecified atom stereocenters. The zero-order valence-corrected chi connectivity index (χ0v) is 22.3. The van der Waals surface area contributed by atoms with Crippen molar-refractivity contribution in [2.75, 3.05) is 32.5 Å². The lowest BCUT2D eigenvalue weighted by Crippen LogP contribution is -2.44. The summed E-state index contributed by atoms with van der Waals surface area (Å²) < 4.78 is 34.7. The summed E-state index contributed by atoms with van der Waals surface area (Å²) in [5.41, 5.74) is -0.0244. The number of fused-ring (bicyclic) bond motifs is 1. The number of methoxy groups -OCH3 is 1. The van der Waals surface area contributed by atoms with Crippen LogP contribution in [0.1, 0.15) is 43.8 Å². The molecule has 0 aliphatic carbocycles. The lowest BCUT2D eigenvalue weighted by atomic mass is 9.74. The molecule has 37 heavy (non-hydrogen) atoms. The van der Waals surface area contributed by atoms with Gasteiger partial charge in [0.2, 0.25) is 0 Å². The van der Waals surface area contributed by atoms with Gasteiger partial charge in [-0.15, -0.1) is 11.8 Å². The number of benzene rings is 2. The Morgan fingerprint density at radius 2 is 2.03 bits per heavy atom. The van der Waals surface area contributed by atoms with Crippen molar-refractivity contribution in [3.63, 3.8) is 0 Å². The largest absolute Gasteiger partial charge is 0.497 e. The van der Waals surface area contributed by atoms with Crippen molar-refractivity contribution < 1.29 is 23.4 Å². The number of carbonyl (C=O) groups is 1. The zero-order valence-electron chi connectivity index (χ0n) is 20.8. The lowest BCUT2D eigenvalue weighted by Gasteiger charge is -2.39. The zero-order chi connectivity index (χ0) is 26.4. The van der Waals surface area contributed by atoms with Crippen LogP contribution < -0.4 is 4.74 Å². The Morgan fingerprint density at radius 3 is 2.73 bits per heavy atom. The minimum Gasteiger partial charge on any atom is -0.497 e. The number of aliphatic carboxylic acids is 1. The van der Waals surface area contributed by atoms with E-state index < -0.39 is 17.6 Å². The van der Waals surface area contributed by atoms with Gasteiger partial charge in [-0.05, 0) is 87.8 Å². The van der Waals surface area contributed by atoms with E-state index in [1.165, 1.54) is 31.1 Å². The minimum absolute atomic E-state index is 0.0572. The van der Waals surface area contributed by atoms with Gasteiger partial charge in [-0.25, -0.2) is 8.78 Å². The van der Waals surface area contributed by atoms with Crippen molar-refractivity contribution in [1.82, 2.24) is 9.88 Å². The maximum absolute atomic E-state index is 15.6. The summed E-state index contributed by atoms with van der Waals surface area (Å²) in [5.74, 6) is 0.285. The standard InChI is InChI=1S/C28H31ClF2N2O3S/c1-36-19-7-8-24-20(17-19)26(21(29)18-32-24)23(31)9-10-28(27(34)35)11-14-33(15-12-28)13-4-16-37-25-6-3-2-5-22(25)30/h2-3,5-8,17-18,23H,4,9-16H2,1H3,(H,34,35)/t23-/m0/s1. The van der Waals surface area contributed by atoms with E-state index in [1.54, 1.807) is 30.3 Å². The fourth-order valence-corrected chi connectivity index (χ4v) is 6.11. The summed E-state index contributed by atoms with van der Waals surface area (Å²) in [6.07, 6.45) is 2.11. The molecule has 1 atom stereocenters. The van der Waals surface area contributed by atoms with Crippen molar-refractivity contribution in [2.45, 2.75) is 43.2 Å². The highest BCUT2D eigenvalue weighted by atomic mass is 35.5. The van der Waals surface area contributed by atoms with Gasteiger partial charge in [-0.1, -0.05) is 23.7 Å². The van der Waals surface area contributed by atoms with Gasteiger partial charge in [0.15, 0.2) is 0 Å². The maximum Gasteiger partial charge on any atom is 0.309 e. The molecule has 1 N–H and O–H groups in total. The van der Waals surface area contributed by atoms with Gasteiger partial charge in [0, 0.05) is 22.0 Å². The van der Waals surface area contributed by atoms with E-state index in [0.717, 1.165) is 18.7 Å². The van der Waals surface area contributed by atoms with Crippen LogP contribution in [-0.2, 0) is 4.79 Å².